The molecule has 1 saturated heterocycles. The van der Waals surface area contributed by atoms with Crippen LogP contribution >= 0.6 is 0 Å². The van der Waals surface area contributed by atoms with Crippen LogP contribution in [0.25, 0.3) is 11.0 Å². The summed E-state index contributed by atoms with van der Waals surface area (Å²) in [6, 6.07) is 6.11. The minimum atomic E-state index is -0.567. The zero-order valence-electron chi connectivity index (χ0n) is 15.9. The van der Waals surface area contributed by atoms with Gasteiger partial charge in [0.25, 0.3) is 0 Å². The van der Waals surface area contributed by atoms with Gasteiger partial charge in [0.15, 0.2) is 11.6 Å². The maximum Gasteiger partial charge on any atom is 0.172 e. The molecule has 0 radical (unpaired) electrons. The lowest BCUT2D eigenvalue weighted by molar-refractivity contribution is 0.518. The molecule has 1 aliphatic carbocycles. The van der Waals surface area contributed by atoms with E-state index in [1.54, 1.807) is 12.4 Å². The van der Waals surface area contributed by atoms with Gasteiger partial charge in [-0.05, 0) is 43.9 Å². The second kappa shape index (κ2) is 7.42. The summed E-state index contributed by atoms with van der Waals surface area (Å²) in [7, 11) is 0. The van der Waals surface area contributed by atoms with Crippen LogP contribution in [0.5, 0.6) is 0 Å². The average molecular weight is 396 g/mol. The number of fused-ring (bicyclic) bond motifs is 1. The van der Waals surface area contributed by atoms with Crippen molar-refractivity contribution in [2.75, 3.05) is 28.6 Å². The van der Waals surface area contributed by atoms with Gasteiger partial charge in [-0.25, -0.2) is 18.7 Å². The summed E-state index contributed by atoms with van der Waals surface area (Å²) in [6.45, 7) is 1.56. The highest BCUT2D eigenvalue weighted by Crippen LogP contribution is 2.32. The van der Waals surface area contributed by atoms with Crippen molar-refractivity contribution in [2.24, 2.45) is 0 Å². The summed E-state index contributed by atoms with van der Waals surface area (Å²) in [4.78, 5) is 16.0. The highest BCUT2D eigenvalue weighted by atomic mass is 19.1. The topological polar surface area (TPSA) is 66.0 Å². The van der Waals surface area contributed by atoms with E-state index < -0.39 is 11.6 Å². The second-order valence-corrected chi connectivity index (χ2v) is 7.71. The Kier molecular flexibility index (Phi) is 4.61. The molecular formula is C21H22F2N6. The van der Waals surface area contributed by atoms with Crippen LogP contribution in [0.3, 0.4) is 0 Å². The van der Waals surface area contributed by atoms with Crippen molar-refractivity contribution in [2.45, 2.75) is 37.8 Å². The van der Waals surface area contributed by atoms with Crippen molar-refractivity contribution in [3.8, 4) is 0 Å². The van der Waals surface area contributed by atoms with Gasteiger partial charge in [-0.15, -0.1) is 0 Å². The van der Waals surface area contributed by atoms with Gasteiger partial charge in [0.05, 0.1) is 17.4 Å². The largest absolute Gasteiger partial charge is 0.380 e. The van der Waals surface area contributed by atoms with Crippen molar-refractivity contribution in [1.82, 2.24) is 15.0 Å². The predicted octanol–water partition coefficient (Wildman–Crippen LogP) is 3.96. The van der Waals surface area contributed by atoms with Gasteiger partial charge in [-0.3, -0.25) is 4.98 Å². The van der Waals surface area contributed by atoms with Crippen molar-refractivity contribution in [3.63, 3.8) is 0 Å². The molecule has 0 unspecified atom stereocenters. The van der Waals surface area contributed by atoms with Crippen molar-refractivity contribution in [3.05, 3.63) is 48.3 Å². The first kappa shape index (κ1) is 18.0. The molecule has 2 aromatic heterocycles. The van der Waals surface area contributed by atoms with Gasteiger partial charge in [0, 0.05) is 37.4 Å². The SMILES string of the molecule is Fc1ccc(NC2CCN(c3nc4cnccc4nc3NC3CC3)CC2)c(F)c1. The van der Waals surface area contributed by atoms with E-state index in [4.69, 9.17) is 9.97 Å². The third-order valence-corrected chi connectivity index (χ3v) is 5.45. The summed E-state index contributed by atoms with van der Waals surface area (Å²) < 4.78 is 27.0. The third kappa shape index (κ3) is 3.92. The first-order chi connectivity index (χ1) is 14.2. The number of rotatable bonds is 5. The first-order valence-corrected chi connectivity index (χ1v) is 10.0. The molecular weight excluding hydrogens is 374 g/mol. The number of piperidine rings is 1. The Balaban J connectivity index is 1.32. The molecule has 5 rings (SSSR count). The number of hydrogen-bond acceptors (Lipinski definition) is 6. The number of nitrogens with one attached hydrogen (secondary N) is 2. The molecule has 2 N–H and O–H groups in total. The number of anilines is 3. The van der Waals surface area contributed by atoms with Gasteiger partial charge < -0.3 is 15.5 Å². The Morgan fingerprint density at radius 1 is 0.897 bits per heavy atom. The van der Waals surface area contributed by atoms with Crippen molar-refractivity contribution in [1.29, 1.82) is 0 Å². The monoisotopic (exact) mass is 396 g/mol. The van der Waals surface area contributed by atoms with Crippen molar-refractivity contribution < 1.29 is 8.78 Å². The molecule has 1 aromatic carbocycles. The smallest absolute Gasteiger partial charge is 0.172 e. The van der Waals surface area contributed by atoms with E-state index in [-0.39, 0.29) is 6.04 Å². The van der Waals surface area contributed by atoms with Gasteiger partial charge in [-0.1, -0.05) is 0 Å². The molecule has 1 saturated carbocycles. The minimum absolute atomic E-state index is 0.126. The fourth-order valence-electron chi connectivity index (χ4n) is 3.70. The van der Waals surface area contributed by atoms with E-state index >= 15 is 0 Å². The van der Waals surface area contributed by atoms with Gasteiger partial charge in [0.2, 0.25) is 0 Å². The number of hydrogen-bond donors (Lipinski definition) is 2. The maximum atomic E-state index is 13.9. The summed E-state index contributed by atoms with van der Waals surface area (Å²) in [5.74, 6) is 0.546. The zero-order chi connectivity index (χ0) is 19.8. The molecule has 8 heteroatoms. The number of halogens is 2. The lowest BCUT2D eigenvalue weighted by Gasteiger charge is -2.34. The van der Waals surface area contributed by atoms with Crippen LogP contribution in [-0.4, -0.2) is 40.1 Å². The lowest BCUT2D eigenvalue weighted by atomic mass is 10.0. The number of nitrogens with zero attached hydrogens (tertiary/aromatic N) is 4. The number of pyridine rings is 1. The molecule has 0 spiro atoms. The van der Waals surface area contributed by atoms with Crippen LogP contribution in [0.1, 0.15) is 25.7 Å². The fraction of sp³-hybridized carbons (Fsp3) is 0.381. The van der Waals surface area contributed by atoms with Gasteiger partial charge in [0.1, 0.15) is 17.2 Å². The van der Waals surface area contributed by atoms with E-state index in [0.29, 0.717) is 11.7 Å². The fourth-order valence-corrected chi connectivity index (χ4v) is 3.70. The van der Waals surface area contributed by atoms with E-state index in [0.717, 1.165) is 67.5 Å². The molecule has 1 aliphatic heterocycles. The quantitative estimate of drug-likeness (QED) is 0.681. The molecule has 6 nitrogen and oxygen atoms in total. The normalized spacial score (nSPS) is 17.5. The van der Waals surface area contributed by atoms with Crippen molar-refractivity contribution >= 4 is 28.4 Å². The maximum absolute atomic E-state index is 13.9. The summed E-state index contributed by atoms with van der Waals surface area (Å²) in [5, 5.41) is 6.71. The Labute approximate surface area is 167 Å². The Bertz CT molecular complexity index is 1030. The van der Waals surface area contributed by atoms with E-state index in [2.05, 4.69) is 20.5 Å². The van der Waals surface area contributed by atoms with Gasteiger partial charge in [-0.2, -0.15) is 0 Å². The van der Waals surface area contributed by atoms with Crippen LogP contribution in [0, 0.1) is 11.6 Å². The number of aromatic nitrogens is 3. The third-order valence-electron chi connectivity index (χ3n) is 5.45. The molecule has 3 aromatic rings. The summed E-state index contributed by atoms with van der Waals surface area (Å²) in [5.41, 5.74) is 1.95. The average Bonchev–Trinajstić information content (AvgIpc) is 3.54. The second-order valence-electron chi connectivity index (χ2n) is 7.71. The Morgan fingerprint density at radius 3 is 2.45 bits per heavy atom. The molecule has 150 valence electrons. The zero-order valence-corrected chi connectivity index (χ0v) is 15.9. The van der Waals surface area contributed by atoms with E-state index in [1.165, 1.54) is 12.1 Å². The van der Waals surface area contributed by atoms with E-state index in [9.17, 15) is 8.78 Å². The van der Waals surface area contributed by atoms with Crippen LogP contribution in [0.2, 0.25) is 0 Å². The van der Waals surface area contributed by atoms with Gasteiger partial charge >= 0.3 is 0 Å². The Morgan fingerprint density at radius 2 is 1.69 bits per heavy atom. The molecule has 2 fully saturated rings. The lowest BCUT2D eigenvalue weighted by Crippen LogP contribution is -2.40. The highest BCUT2D eigenvalue weighted by Gasteiger charge is 2.27. The van der Waals surface area contributed by atoms with Crippen LogP contribution in [0.4, 0.5) is 26.1 Å². The van der Waals surface area contributed by atoms with Crippen LogP contribution in [0.15, 0.2) is 36.7 Å². The molecule has 0 bridgehead atoms. The summed E-state index contributed by atoms with van der Waals surface area (Å²) >= 11 is 0. The van der Waals surface area contributed by atoms with Crippen LogP contribution in [-0.2, 0) is 0 Å². The molecule has 0 atom stereocenters. The molecule has 0 amide bonds. The Hall–Kier alpha value is -3.03. The highest BCUT2D eigenvalue weighted by molar-refractivity contribution is 5.80. The minimum Gasteiger partial charge on any atom is -0.380 e. The summed E-state index contributed by atoms with van der Waals surface area (Å²) in [6.07, 6.45) is 7.43. The first-order valence-electron chi connectivity index (χ1n) is 10.0. The van der Waals surface area contributed by atoms with Crippen LogP contribution < -0.4 is 15.5 Å². The number of benzene rings is 1. The molecule has 2 aliphatic rings. The molecule has 3 heterocycles. The predicted molar refractivity (Wildman–Crippen MR) is 109 cm³/mol. The molecule has 29 heavy (non-hydrogen) atoms. The standard InChI is InChI=1S/C21H22F2N6/c22-13-1-4-17(16(23)11-13)25-15-6-9-29(10-7-15)21-20(26-14-2-3-14)27-18-5-8-24-12-19(18)28-21/h1,4-5,8,11-12,14-15,25H,2-3,6-7,9-10H2,(H,26,27). The van der Waals surface area contributed by atoms with E-state index in [1.807, 2.05) is 6.07 Å².